The monoisotopic (exact) mass is 699 g/mol. The molecule has 0 aliphatic heterocycles. The molecule has 11 aromatic rings. The molecule has 0 radical (unpaired) electrons. The van der Waals surface area contributed by atoms with Crippen molar-refractivity contribution in [1.82, 2.24) is 13.7 Å². The number of benzene rings is 8. The van der Waals surface area contributed by atoms with E-state index in [1.807, 2.05) is 36.4 Å². The number of para-hydroxylation sites is 5. The van der Waals surface area contributed by atoms with Gasteiger partial charge in [0.25, 0.3) is 0 Å². The molecule has 0 aliphatic rings. The van der Waals surface area contributed by atoms with Crippen molar-refractivity contribution in [3.63, 3.8) is 0 Å². The van der Waals surface area contributed by atoms with Gasteiger partial charge in [0.15, 0.2) is 0 Å². The van der Waals surface area contributed by atoms with Crippen molar-refractivity contribution in [2.75, 3.05) is 0 Å². The molecule has 0 N–H and O–H groups in total. The molecule has 254 valence electrons. The highest BCUT2D eigenvalue weighted by molar-refractivity contribution is 6.13. The van der Waals surface area contributed by atoms with E-state index in [0.717, 1.165) is 82.8 Å². The summed E-state index contributed by atoms with van der Waals surface area (Å²) >= 11 is 0. The quantitative estimate of drug-likeness (QED) is 0.184. The zero-order valence-corrected chi connectivity index (χ0v) is 29.5. The zero-order chi connectivity index (χ0) is 36.6. The lowest BCUT2D eigenvalue weighted by Gasteiger charge is -2.17. The lowest BCUT2D eigenvalue weighted by Crippen LogP contribution is -2.02. The topological polar surface area (TPSA) is 62.4 Å². The normalized spacial score (nSPS) is 11.6. The van der Waals surface area contributed by atoms with Gasteiger partial charge in [0.05, 0.1) is 56.0 Å². The first-order valence-electron chi connectivity index (χ1n) is 18.3. The molecule has 3 aromatic heterocycles. The lowest BCUT2D eigenvalue weighted by molar-refractivity contribution is 1.15. The van der Waals surface area contributed by atoms with Crippen molar-refractivity contribution in [3.8, 4) is 40.3 Å². The fraction of sp³-hybridized carbons (Fsp3) is 0. The van der Waals surface area contributed by atoms with Gasteiger partial charge >= 0.3 is 0 Å². The number of nitriles is 2. The molecular weight excluding hydrogens is 671 g/mol. The summed E-state index contributed by atoms with van der Waals surface area (Å²) in [4.78, 5) is 0. The van der Waals surface area contributed by atoms with Crippen LogP contribution in [0.5, 0.6) is 0 Å². The van der Waals surface area contributed by atoms with E-state index in [1.54, 1.807) is 0 Å². The number of aromatic nitrogens is 3. The van der Waals surface area contributed by atoms with Crippen molar-refractivity contribution in [1.29, 1.82) is 10.5 Å². The average Bonchev–Trinajstić information content (AvgIpc) is 3.88. The maximum absolute atomic E-state index is 10.7. The molecule has 0 aliphatic carbocycles. The predicted molar refractivity (Wildman–Crippen MR) is 224 cm³/mol. The average molecular weight is 700 g/mol. The molecule has 3 heterocycles. The van der Waals surface area contributed by atoms with Crippen LogP contribution >= 0.6 is 0 Å². The van der Waals surface area contributed by atoms with Gasteiger partial charge < -0.3 is 13.7 Å². The van der Waals surface area contributed by atoms with E-state index in [0.29, 0.717) is 11.1 Å². The fourth-order valence-corrected chi connectivity index (χ4v) is 8.78. The van der Waals surface area contributed by atoms with E-state index in [-0.39, 0.29) is 0 Å². The Morgan fingerprint density at radius 3 is 1.45 bits per heavy atom. The fourth-order valence-electron chi connectivity index (χ4n) is 8.78. The minimum absolute atomic E-state index is 0.595. The maximum atomic E-state index is 10.7. The van der Waals surface area contributed by atoms with Crippen molar-refractivity contribution in [2.45, 2.75) is 0 Å². The Morgan fingerprint density at radius 2 is 0.836 bits per heavy atom. The predicted octanol–water partition coefficient (Wildman–Crippen LogP) is 12.4. The molecule has 0 spiro atoms. The van der Waals surface area contributed by atoms with Crippen LogP contribution in [0.4, 0.5) is 0 Å². The summed E-state index contributed by atoms with van der Waals surface area (Å²) in [5.41, 5.74) is 12.6. The Kier molecular flexibility index (Phi) is 6.61. The third-order valence-electron chi connectivity index (χ3n) is 11.1. The van der Waals surface area contributed by atoms with E-state index in [2.05, 4.69) is 165 Å². The van der Waals surface area contributed by atoms with Crippen molar-refractivity contribution >= 4 is 65.4 Å². The largest absolute Gasteiger partial charge is 0.309 e. The Balaban J connectivity index is 1.15. The zero-order valence-electron chi connectivity index (χ0n) is 29.5. The minimum Gasteiger partial charge on any atom is -0.309 e. The summed E-state index contributed by atoms with van der Waals surface area (Å²) in [5, 5.41) is 27.2. The van der Waals surface area contributed by atoms with Crippen LogP contribution in [-0.4, -0.2) is 13.7 Å². The molecule has 11 rings (SSSR count). The Hall–Kier alpha value is -7.86. The number of nitrogens with zero attached hydrogens (tertiary/aromatic N) is 5. The first kappa shape index (κ1) is 30.7. The highest BCUT2D eigenvalue weighted by atomic mass is 15.0. The SMILES string of the molecule is N#Cc1ccc2c(c1)c1ccccc1n2-c1cccc(-c2cccc(C#N)c2-n2c3ccccc3c3cc(-n4c5ccccc5c5ccccc54)ccc32)c1. The van der Waals surface area contributed by atoms with Crippen molar-refractivity contribution in [2.24, 2.45) is 0 Å². The van der Waals surface area contributed by atoms with Crippen LogP contribution in [0.15, 0.2) is 176 Å². The standard InChI is InChI=1S/C50H29N5/c51-30-32-23-25-48-42(27-32)40-16-3-7-21-46(40)53(48)35-13-9-11-33(28-35)37-18-10-12-34(31-52)50(37)55-47-22-8-4-17-41(47)43-29-36(24-26-49(43)55)54-44-19-5-1-14-38(44)39-15-2-6-20-45(39)54/h1-29H. The molecule has 8 aromatic carbocycles. The van der Waals surface area contributed by atoms with Gasteiger partial charge in [0, 0.05) is 49.3 Å². The minimum atomic E-state index is 0.595. The maximum Gasteiger partial charge on any atom is 0.101 e. The molecule has 0 saturated carbocycles. The second-order valence-corrected chi connectivity index (χ2v) is 14.0. The molecule has 0 fully saturated rings. The van der Waals surface area contributed by atoms with Gasteiger partial charge in [0.1, 0.15) is 6.07 Å². The third-order valence-corrected chi connectivity index (χ3v) is 11.1. The summed E-state index contributed by atoms with van der Waals surface area (Å²) in [7, 11) is 0. The summed E-state index contributed by atoms with van der Waals surface area (Å²) in [6.45, 7) is 0. The Morgan fingerprint density at radius 1 is 0.345 bits per heavy atom. The Bertz CT molecular complexity index is 3420. The van der Waals surface area contributed by atoms with E-state index < -0.39 is 0 Å². The second kappa shape index (κ2) is 11.8. The second-order valence-electron chi connectivity index (χ2n) is 14.0. The van der Waals surface area contributed by atoms with Gasteiger partial charge in [0.2, 0.25) is 0 Å². The van der Waals surface area contributed by atoms with Gasteiger partial charge in [-0.25, -0.2) is 0 Å². The number of fused-ring (bicyclic) bond motifs is 9. The molecule has 0 saturated heterocycles. The van der Waals surface area contributed by atoms with Gasteiger partial charge in [-0.1, -0.05) is 97.1 Å². The third kappa shape index (κ3) is 4.45. The first-order chi connectivity index (χ1) is 27.2. The van der Waals surface area contributed by atoms with Crippen LogP contribution in [0.3, 0.4) is 0 Å². The summed E-state index contributed by atoms with van der Waals surface area (Å²) in [6, 6.07) is 66.0. The van der Waals surface area contributed by atoms with Crippen LogP contribution in [0.1, 0.15) is 11.1 Å². The smallest absolute Gasteiger partial charge is 0.101 e. The highest BCUT2D eigenvalue weighted by Crippen LogP contribution is 2.41. The van der Waals surface area contributed by atoms with Gasteiger partial charge in [-0.2, -0.15) is 10.5 Å². The number of rotatable bonds is 4. The molecule has 0 bridgehead atoms. The molecule has 55 heavy (non-hydrogen) atoms. The molecule has 5 nitrogen and oxygen atoms in total. The van der Waals surface area contributed by atoms with E-state index in [4.69, 9.17) is 0 Å². The highest BCUT2D eigenvalue weighted by Gasteiger charge is 2.21. The molecule has 0 unspecified atom stereocenters. The van der Waals surface area contributed by atoms with Crippen LogP contribution < -0.4 is 0 Å². The number of hydrogen-bond donors (Lipinski definition) is 0. The van der Waals surface area contributed by atoms with Crippen LogP contribution in [-0.2, 0) is 0 Å². The van der Waals surface area contributed by atoms with Crippen LogP contribution in [0.2, 0.25) is 0 Å². The van der Waals surface area contributed by atoms with E-state index in [9.17, 15) is 10.5 Å². The summed E-state index contributed by atoms with van der Waals surface area (Å²) < 4.78 is 6.89. The van der Waals surface area contributed by atoms with Crippen molar-refractivity contribution in [3.05, 3.63) is 187 Å². The molecule has 0 atom stereocenters. The molecule has 5 heteroatoms. The van der Waals surface area contributed by atoms with Crippen LogP contribution in [0, 0.1) is 22.7 Å². The first-order valence-corrected chi connectivity index (χ1v) is 18.3. The van der Waals surface area contributed by atoms with Gasteiger partial charge in [-0.15, -0.1) is 0 Å². The molecular formula is C50H29N5. The number of hydrogen-bond acceptors (Lipinski definition) is 2. The van der Waals surface area contributed by atoms with Gasteiger partial charge in [-0.3, -0.25) is 0 Å². The molecule has 0 amide bonds. The van der Waals surface area contributed by atoms with Crippen molar-refractivity contribution < 1.29 is 0 Å². The van der Waals surface area contributed by atoms with E-state index in [1.165, 1.54) is 10.8 Å². The lowest BCUT2D eigenvalue weighted by atomic mass is 9.99. The summed E-state index contributed by atoms with van der Waals surface area (Å²) in [6.07, 6.45) is 0. The van der Waals surface area contributed by atoms with E-state index >= 15 is 0 Å². The Labute approximate surface area is 316 Å². The van der Waals surface area contributed by atoms with Gasteiger partial charge in [-0.05, 0) is 84.4 Å². The summed E-state index contributed by atoms with van der Waals surface area (Å²) in [5.74, 6) is 0. The van der Waals surface area contributed by atoms with Crippen LogP contribution in [0.25, 0.3) is 93.6 Å².